The van der Waals surface area contributed by atoms with E-state index in [-0.39, 0.29) is 11.7 Å². The van der Waals surface area contributed by atoms with E-state index < -0.39 is 0 Å². The normalized spacial score (nSPS) is 10.3. The van der Waals surface area contributed by atoms with Crippen LogP contribution in [0, 0.1) is 6.92 Å². The third-order valence-electron chi connectivity index (χ3n) is 2.94. The van der Waals surface area contributed by atoms with Gasteiger partial charge in [0.05, 0.1) is 5.56 Å². The maximum absolute atomic E-state index is 12.4. The number of amides is 1. The molecule has 1 amide bonds. The number of carbonyl (C=O) groups is 1. The molecule has 98 valence electrons. The highest BCUT2D eigenvalue weighted by molar-refractivity contribution is 9.10. The summed E-state index contributed by atoms with van der Waals surface area (Å²) in [5.74, 6) is 0.0154. The van der Waals surface area contributed by atoms with Crippen molar-refractivity contribution in [3.8, 4) is 5.75 Å². The van der Waals surface area contributed by atoms with Crippen molar-refractivity contribution in [1.29, 1.82) is 0 Å². The highest BCUT2D eigenvalue weighted by atomic mass is 79.9. The number of phenols is 1. The van der Waals surface area contributed by atoms with Gasteiger partial charge >= 0.3 is 0 Å². The number of nitrogens with zero attached hydrogens (tertiary/aromatic N) is 1. The van der Waals surface area contributed by atoms with Gasteiger partial charge in [0.2, 0.25) is 0 Å². The number of aromatic hydroxyl groups is 1. The first-order valence-corrected chi connectivity index (χ1v) is 6.62. The Kier molecular flexibility index (Phi) is 3.90. The monoisotopic (exact) mass is 319 g/mol. The third-order valence-corrected chi connectivity index (χ3v) is 4.00. The molecule has 0 saturated heterocycles. The molecule has 0 atom stereocenters. The summed E-state index contributed by atoms with van der Waals surface area (Å²) in [6.45, 7) is 1.94. The molecule has 0 saturated carbocycles. The molecule has 4 heteroatoms. The van der Waals surface area contributed by atoms with Crippen molar-refractivity contribution < 1.29 is 9.90 Å². The lowest BCUT2D eigenvalue weighted by atomic mass is 10.1. The number of benzene rings is 2. The van der Waals surface area contributed by atoms with E-state index in [9.17, 15) is 9.90 Å². The molecule has 3 nitrogen and oxygen atoms in total. The van der Waals surface area contributed by atoms with E-state index in [4.69, 9.17) is 0 Å². The summed E-state index contributed by atoms with van der Waals surface area (Å²) in [5.41, 5.74) is 2.26. The van der Waals surface area contributed by atoms with E-state index in [0.29, 0.717) is 11.3 Å². The largest absolute Gasteiger partial charge is 0.508 e. The lowest BCUT2D eigenvalue weighted by Crippen LogP contribution is -2.26. The highest BCUT2D eigenvalue weighted by Crippen LogP contribution is 2.25. The van der Waals surface area contributed by atoms with Crippen LogP contribution >= 0.6 is 15.9 Å². The topological polar surface area (TPSA) is 40.5 Å². The Balaban J connectivity index is 2.36. The fraction of sp³-hybridized carbons (Fsp3) is 0.133. The predicted octanol–water partition coefficient (Wildman–Crippen LogP) is 3.74. The SMILES string of the molecule is Cc1cccc(C(=O)N(C)c2cccc(O)c2)c1Br. The fourth-order valence-corrected chi connectivity index (χ4v) is 2.25. The van der Waals surface area contributed by atoms with Crippen LogP contribution in [0.4, 0.5) is 5.69 Å². The second-order valence-electron chi connectivity index (χ2n) is 4.32. The Labute approximate surface area is 120 Å². The van der Waals surface area contributed by atoms with Gasteiger partial charge in [-0.25, -0.2) is 0 Å². The summed E-state index contributed by atoms with van der Waals surface area (Å²) < 4.78 is 0.798. The van der Waals surface area contributed by atoms with Crippen LogP contribution < -0.4 is 4.90 Å². The highest BCUT2D eigenvalue weighted by Gasteiger charge is 2.17. The third kappa shape index (κ3) is 2.79. The summed E-state index contributed by atoms with van der Waals surface area (Å²) in [5, 5.41) is 9.47. The molecule has 0 bridgehead atoms. The Morgan fingerprint density at radius 1 is 1.21 bits per heavy atom. The van der Waals surface area contributed by atoms with Crippen LogP contribution in [0.5, 0.6) is 5.75 Å². The molecular formula is C15H14BrNO2. The summed E-state index contributed by atoms with van der Waals surface area (Å²) in [6.07, 6.45) is 0. The molecule has 2 aromatic rings. The molecule has 0 aliphatic carbocycles. The van der Waals surface area contributed by atoms with Gasteiger partial charge < -0.3 is 10.0 Å². The van der Waals surface area contributed by atoms with Gasteiger partial charge in [-0.2, -0.15) is 0 Å². The molecule has 0 aliphatic heterocycles. The fourth-order valence-electron chi connectivity index (χ4n) is 1.81. The molecule has 0 unspecified atom stereocenters. The molecule has 0 aliphatic rings. The van der Waals surface area contributed by atoms with Crippen LogP contribution in [0.2, 0.25) is 0 Å². The molecule has 0 heterocycles. The second kappa shape index (κ2) is 5.45. The summed E-state index contributed by atoms with van der Waals surface area (Å²) >= 11 is 3.44. The van der Waals surface area contributed by atoms with E-state index in [1.54, 1.807) is 37.4 Å². The van der Waals surface area contributed by atoms with Crippen LogP contribution in [-0.4, -0.2) is 18.1 Å². The lowest BCUT2D eigenvalue weighted by Gasteiger charge is -2.18. The smallest absolute Gasteiger partial charge is 0.259 e. The van der Waals surface area contributed by atoms with E-state index in [2.05, 4.69) is 15.9 Å². The van der Waals surface area contributed by atoms with Gasteiger partial charge in [0.25, 0.3) is 5.91 Å². The van der Waals surface area contributed by atoms with Crippen LogP contribution in [0.3, 0.4) is 0 Å². The van der Waals surface area contributed by atoms with Crippen molar-refractivity contribution in [1.82, 2.24) is 0 Å². The first-order chi connectivity index (χ1) is 9.00. The molecule has 0 aromatic heterocycles. The van der Waals surface area contributed by atoms with E-state index in [0.717, 1.165) is 10.0 Å². The Bertz CT molecular complexity index is 625. The van der Waals surface area contributed by atoms with Gasteiger partial charge in [-0.05, 0) is 46.6 Å². The van der Waals surface area contributed by atoms with Gasteiger partial charge in [-0.15, -0.1) is 0 Å². The first kappa shape index (κ1) is 13.6. The van der Waals surface area contributed by atoms with Crippen molar-refractivity contribution in [2.24, 2.45) is 0 Å². The van der Waals surface area contributed by atoms with Crippen LogP contribution in [0.25, 0.3) is 0 Å². The van der Waals surface area contributed by atoms with Crippen molar-refractivity contribution in [2.45, 2.75) is 6.92 Å². The minimum Gasteiger partial charge on any atom is -0.508 e. The van der Waals surface area contributed by atoms with E-state index in [1.807, 2.05) is 19.1 Å². The van der Waals surface area contributed by atoms with Gasteiger partial charge in [0.15, 0.2) is 0 Å². The van der Waals surface area contributed by atoms with Crippen LogP contribution in [0.15, 0.2) is 46.9 Å². The molecule has 2 aromatic carbocycles. The number of halogens is 1. The molecule has 1 N–H and O–H groups in total. The molecule has 19 heavy (non-hydrogen) atoms. The zero-order chi connectivity index (χ0) is 14.0. The zero-order valence-corrected chi connectivity index (χ0v) is 12.3. The van der Waals surface area contributed by atoms with Gasteiger partial charge in [-0.3, -0.25) is 4.79 Å². The summed E-state index contributed by atoms with van der Waals surface area (Å²) in [6, 6.07) is 12.2. The Morgan fingerprint density at radius 3 is 2.58 bits per heavy atom. The molecular weight excluding hydrogens is 306 g/mol. The first-order valence-electron chi connectivity index (χ1n) is 5.83. The quantitative estimate of drug-likeness (QED) is 0.916. The summed E-state index contributed by atoms with van der Waals surface area (Å²) in [4.78, 5) is 14.0. The maximum atomic E-state index is 12.4. The molecule has 0 radical (unpaired) electrons. The van der Waals surface area contributed by atoms with Crippen LogP contribution in [-0.2, 0) is 0 Å². The van der Waals surface area contributed by atoms with Crippen molar-refractivity contribution in [3.05, 3.63) is 58.1 Å². The minimum absolute atomic E-state index is 0.124. The number of aryl methyl sites for hydroxylation is 1. The van der Waals surface area contributed by atoms with Crippen molar-refractivity contribution in [2.75, 3.05) is 11.9 Å². The summed E-state index contributed by atoms with van der Waals surface area (Å²) in [7, 11) is 1.69. The molecule has 0 spiro atoms. The Morgan fingerprint density at radius 2 is 1.89 bits per heavy atom. The van der Waals surface area contributed by atoms with Crippen molar-refractivity contribution >= 4 is 27.5 Å². The maximum Gasteiger partial charge on any atom is 0.259 e. The Hall–Kier alpha value is -1.81. The zero-order valence-electron chi connectivity index (χ0n) is 10.7. The predicted molar refractivity (Wildman–Crippen MR) is 79.7 cm³/mol. The number of phenolic OH excluding ortho intramolecular Hbond substituents is 1. The standard InChI is InChI=1S/C15H14BrNO2/c1-10-5-3-8-13(14(10)16)15(19)17(2)11-6-4-7-12(18)9-11/h3-9,18H,1-2H3. The average molecular weight is 320 g/mol. The van der Waals surface area contributed by atoms with E-state index in [1.165, 1.54) is 4.90 Å². The van der Waals surface area contributed by atoms with Gasteiger partial charge in [0, 0.05) is 23.3 Å². The van der Waals surface area contributed by atoms with Crippen LogP contribution in [0.1, 0.15) is 15.9 Å². The lowest BCUT2D eigenvalue weighted by molar-refractivity contribution is 0.0992. The minimum atomic E-state index is -0.124. The van der Waals surface area contributed by atoms with Crippen molar-refractivity contribution in [3.63, 3.8) is 0 Å². The second-order valence-corrected chi connectivity index (χ2v) is 5.11. The number of hydrogen-bond acceptors (Lipinski definition) is 2. The number of rotatable bonds is 2. The number of hydrogen-bond donors (Lipinski definition) is 1. The van der Waals surface area contributed by atoms with Gasteiger partial charge in [0.1, 0.15) is 5.75 Å². The molecule has 2 rings (SSSR count). The molecule has 0 fully saturated rings. The van der Waals surface area contributed by atoms with E-state index >= 15 is 0 Å². The number of anilines is 1. The average Bonchev–Trinajstić information content (AvgIpc) is 2.40. The number of carbonyl (C=O) groups excluding carboxylic acids is 1. The van der Waals surface area contributed by atoms with Gasteiger partial charge in [-0.1, -0.05) is 18.2 Å².